The van der Waals surface area contributed by atoms with Crippen LogP contribution in [0.25, 0.3) is 10.9 Å². The summed E-state index contributed by atoms with van der Waals surface area (Å²) in [5, 5.41) is -0.0968. The zero-order valence-electron chi connectivity index (χ0n) is 9.76. The molecule has 1 aromatic carbocycles. The fraction of sp³-hybridized carbons (Fsp3) is 0.250. The van der Waals surface area contributed by atoms with Crippen molar-refractivity contribution in [2.75, 3.05) is 0 Å². The standard InChI is InChI=1S/C12H8ClF5N2/c13-10-7(9(19)11(14,15)12(16,17)18)5-6-3-1-2-4-8(6)20-10/h1-5,9H,19H2/t9-/m1/s1. The highest BCUT2D eigenvalue weighted by Crippen LogP contribution is 2.44. The van der Waals surface area contributed by atoms with Crippen LogP contribution in [0.15, 0.2) is 30.3 Å². The zero-order chi connectivity index (χ0) is 15.1. The molecule has 0 radical (unpaired) electrons. The van der Waals surface area contributed by atoms with Crippen LogP contribution in [0.1, 0.15) is 11.6 Å². The molecule has 2 N–H and O–H groups in total. The molecular formula is C12H8ClF5N2. The van der Waals surface area contributed by atoms with Crippen molar-refractivity contribution in [1.29, 1.82) is 0 Å². The molecule has 0 unspecified atom stereocenters. The van der Waals surface area contributed by atoms with Crippen LogP contribution < -0.4 is 5.73 Å². The number of fused-ring (bicyclic) bond motifs is 1. The number of alkyl halides is 5. The molecule has 1 atom stereocenters. The Morgan fingerprint density at radius 3 is 2.30 bits per heavy atom. The quantitative estimate of drug-likeness (QED) is 0.670. The van der Waals surface area contributed by atoms with Gasteiger partial charge in [0, 0.05) is 10.9 Å². The van der Waals surface area contributed by atoms with Gasteiger partial charge in [-0.15, -0.1) is 0 Å². The Bertz CT molecular complexity index is 641. The summed E-state index contributed by atoms with van der Waals surface area (Å²) in [5.74, 6) is -5.10. The summed E-state index contributed by atoms with van der Waals surface area (Å²) in [6, 6.07) is 4.77. The van der Waals surface area contributed by atoms with Crippen molar-refractivity contribution in [2.24, 2.45) is 5.73 Å². The number of pyridine rings is 1. The highest BCUT2D eigenvalue weighted by molar-refractivity contribution is 6.30. The van der Waals surface area contributed by atoms with Gasteiger partial charge in [0.2, 0.25) is 0 Å². The fourth-order valence-corrected chi connectivity index (χ4v) is 1.96. The monoisotopic (exact) mass is 310 g/mol. The molecule has 108 valence electrons. The molecule has 0 aliphatic rings. The van der Waals surface area contributed by atoms with Crippen molar-refractivity contribution < 1.29 is 22.0 Å². The Morgan fingerprint density at radius 2 is 1.70 bits per heavy atom. The first-order valence-electron chi connectivity index (χ1n) is 5.40. The smallest absolute Gasteiger partial charge is 0.319 e. The van der Waals surface area contributed by atoms with Crippen LogP contribution in [0.4, 0.5) is 22.0 Å². The van der Waals surface area contributed by atoms with Crippen LogP contribution in [0, 0.1) is 0 Å². The van der Waals surface area contributed by atoms with Crippen molar-refractivity contribution in [3.63, 3.8) is 0 Å². The molecule has 0 spiro atoms. The second-order valence-corrected chi connectivity index (χ2v) is 4.52. The van der Waals surface area contributed by atoms with Gasteiger partial charge in [0.15, 0.2) is 0 Å². The lowest BCUT2D eigenvalue weighted by atomic mass is 10.0. The largest absolute Gasteiger partial charge is 0.455 e. The molecule has 2 nitrogen and oxygen atoms in total. The summed E-state index contributed by atoms with van der Waals surface area (Å²) in [4.78, 5) is 3.78. The average Bonchev–Trinajstić information content (AvgIpc) is 2.35. The Labute approximate surface area is 115 Å². The van der Waals surface area contributed by atoms with Gasteiger partial charge in [0.05, 0.1) is 5.52 Å². The fourth-order valence-electron chi connectivity index (χ4n) is 1.70. The summed E-state index contributed by atoms with van der Waals surface area (Å²) in [6.07, 6.45) is -5.76. The molecule has 0 aliphatic carbocycles. The number of benzene rings is 1. The Kier molecular flexibility index (Phi) is 3.60. The molecular weight excluding hydrogens is 303 g/mol. The number of aromatic nitrogens is 1. The number of hydrogen-bond donors (Lipinski definition) is 1. The molecule has 2 rings (SSSR count). The van der Waals surface area contributed by atoms with E-state index in [1.54, 1.807) is 18.2 Å². The molecule has 0 fully saturated rings. The topological polar surface area (TPSA) is 38.9 Å². The van der Waals surface area contributed by atoms with E-state index in [1.165, 1.54) is 6.07 Å². The van der Waals surface area contributed by atoms with Gasteiger partial charge >= 0.3 is 12.1 Å². The number of para-hydroxylation sites is 1. The molecule has 0 bridgehead atoms. The highest BCUT2D eigenvalue weighted by Gasteiger charge is 2.62. The SMILES string of the molecule is N[C@H](c1cc2ccccc2nc1Cl)C(F)(F)C(F)(F)F. The first-order valence-corrected chi connectivity index (χ1v) is 5.77. The van der Waals surface area contributed by atoms with Crippen molar-refractivity contribution in [3.8, 4) is 0 Å². The first kappa shape index (κ1) is 14.9. The maximum absolute atomic E-state index is 13.3. The van der Waals surface area contributed by atoms with E-state index >= 15 is 0 Å². The Hall–Kier alpha value is -1.47. The minimum atomic E-state index is -5.76. The van der Waals surface area contributed by atoms with E-state index in [-0.39, 0.29) is 0 Å². The lowest BCUT2D eigenvalue weighted by molar-refractivity contribution is -0.291. The average molecular weight is 311 g/mol. The predicted octanol–water partition coefficient (Wildman–Crippen LogP) is 4.09. The molecule has 0 aliphatic heterocycles. The summed E-state index contributed by atoms with van der Waals surface area (Å²) < 4.78 is 63.5. The van der Waals surface area contributed by atoms with Gasteiger partial charge in [0.25, 0.3) is 0 Å². The second kappa shape index (κ2) is 4.82. The van der Waals surface area contributed by atoms with E-state index in [0.717, 1.165) is 6.07 Å². The van der Waals surface area contributed by atoms with Crippen molar-refractivity contribution in [3.05, 3.63) is 41.0 Å². The molecule has 0 saturated carbocycles. The van der Waals surface area contributed by atoms with Gasteiger partial charge in [-0.3, -0.25) is 0 Å². The lowest BCUT2D eigenvalue weighted by Gasteiger charge is -2.26. The molecule has 0 amide bonds. The molecule has 20 heavy (non-hydrogen) atoms. The Balaban J connectivity index is 2.55. The third kappa shape index (κ3) is 2.43. The van der Waals surface area contributed by atoms with Gasteiger partial charge in [-0.05, 0) is 12.1 Å². The van der Waals surface area contributed by atoms with E-state index < -0.39 is 28.9 Å². The van der Waals surface area contributed by atoms with Crippen LogP contribution in [-0.4, -0.2) is 17.1 Å². The molecule has 8 heteroatoms. The van der Waals surface area contributed by atoms with E-state index in [4.69, 9.17) is 17.3 Å². The summed E-state index contributed by atoms with van der Waals surface area (Å²) in [6.45, 7) is 0. The number of hydrogen-bond acceptors (Lipinski definition) is 2. The zero-order valence-corrected chi connectivity index (χ0v) is 10.5. The van der Waals surface area contributed by atoms with Gasteiger partial charge in [-0.2, -0.15) is 22.0 Å². The number of nitrogens with zero attached hydrogens (tertiary/aromatic N) is 1. The summed E-state index contributed by atoms with van der Waals surface area (Å²) in [7, 11) is 0. The van der Waals surface area contributed by atoms with Crippen LogP contribution >= 0.6 is 11.6 Å². The Morgan fingerprint density at radius 1 is 1.10 bits per heavy atom. The second-order valence-electron chi connectivity index (χ2n) is 4.16. The van der Waals surface area contributed by atoms with E-state index in [9.17, 15) is 22.0 Å². The third-order valence-electron chi connectivity index (χ3n) is 2.81. The van der Waals surface area contributed by atoms with Crippen LogP contribution in [0.3, 0.4) is 0 Å². The van der Waals surface area contributed by atoms with Crippen LogP contribution in [0.2, 0.25) is 5.15 Å². The maximum atomic E-state index is 13.3. The minimum Gasteiger partial charge on any atom is -0.319 e. The molecule has 2 aromatic rings. The lowest BCUT2D eigenvalue weighted by Crippen LogP contribution is -2.46. The van der Waals surface area contributed by atoms with Gasteiger partial charge < -0.3 is 5.73 Å². The molecule has 1 aromatic heterocycles. The number of rotatable bonds is 2. The first-order chi connectivity index (χ1) is 9.14. The van der Waals surface area contributed by atoms with Gasteiger partial charge in [0.1, 0.15) is 11.2 Å². The predicted molar refractivity (Wildman–Crippen MR) is 64.7 cm³/mol. The molecule has 1 heterocycles. The highest BCUT2D eigenvalue weighted by atomic mass is 35.5. The van der Waals surface area contributed by atoms with Crippen molar-refractivity contribution >= 4 is 22.5 Å². The normalized spacial score (nSPS) is 14.6. The third-order valence-corrected chi connectivity index (χ3v) is 3.11. The van der Waals surface area contributed by atoms with E-state index in [1.807, 2.05) is 0 Å². The van der Waals surface area contributed by atoms with Crippen LogP contribution in [0.5, 0.6) is 0 Å². The van der Waals surface area contributed by atoms with Gasteiger partial charge in [-0.1, -0.05) is 29.8 Å². The maximum Gasteiger partial charge on any atom is 0.455 e. The number of nitrogens with two attached hydrogens (primary N) is 1. The van der Waals surface area contributed by atoms with Crippen LogP contribution in [-0.2, 0) is 0 Å². The van der Waals surface area contributed by atoms with Crippen molar-refractivity contribution in [1.82, 2.24) is 4.98 Å². The van der Waals surface area contributed by atoms with Crippen molar-refractivity contribution in [2.45, 2.75) is 18.1 Å². The number of halogens is 6. The molecule has 0 saturated heterocycles. The van der Waals surface area contributed by atoms with E-state index in [2.05, 4.69) is 4.98 Å². The van der Waals surface area contributed by atoms with E-state index in [0.29, 0.717) is 10.9 Å². The summed E-state index contributed by atoms with van der Waals surface area (Å²) in [5.41, 5.74) is 4.89. The summed E-state index contributed by atoms with van der Waals surface area (Å²) >= 11 is 5.66. The van der Waals surface area contributed by atoms with Gasteiger partial charge in [-0.25, -0.2) is 4.98 Å². The minimum absolute atomic E-state index is 0.375.